The van der Waals surface area contributed by atoms with Crippen molar-refractivity contribution in [3.63, 3.8) is 0 Å². The molecule has 4 nitrogen and oxygen atoms in total. The van der Waals surface area contributed by atoms with Gasteiger partial charge in [0, 0.05) is 43.4 Å². The zero-order valence-corrected chi connectivity index (χ0v) is 34.7. The van der Waals surface area contributed by atoms with E-state index in [1.54, 1.807) is 0 Å². The van der Waals surface area contributed by atoms with E-state index in [-0.39, 0.29) is 20.1 Å². The predicted molar refractivity (Wildman–Crippen MR) is 220 cm³/mol. The number of aryl methyl sites for hydroxylation is 5. The minimum absolute atomic E-state index is 0. The molecule has 0 spiro atoms. The van der Waals surface area contributed by atoms with Gasteiger partial charge in [-0.05, 0) is 104 Å². The van der Waals surface area contributed by atoms with Gasteiger partial charge in [-0.2, -0.15) is 0 Å². The predicted octanol–water partition coefficient (Wildman–Crippen LogP) is 12.8. The van der Waals surface area contributed by atoms with Gasteiger partial charge in [0.15, 0.2) is 0 Å². The fourth-order valence-corrected chi connectivity index (χ4v) is 6.93. The van der Waals surface area contributed by atoms with E-state index in [0.717, 1.165) is 56.5 Å². The molecule has 4 aromatic heterocycles. The van der Waals surface area contributed by atoms with E-state index in [0.29, 0.717) is 11.6 Å². The summed E-state index contributed by atoms with van der Waals surface area (Å²) in [5.41, 5.74) is 18.4. The van der Waals surface area contributed by atoms with Crippen LogP contribution in [0.1, 0.15) is 52.8 Å². The van der Waals surface area contributed by atoms with Crippen molar-refractivity contribution in [3.8, 4) is 44.9 Å². The molecule has 4 aromatic carbocycles. The number of aromatic nitrogens is 3. The Labute approximate surface area is 333 Å². The van der Waals surface area contributed by atoms with Gasteiger partial charge in [0.2, 0.25) is 5.71 Å². The van der Waals surface area contributed by atoms with Crippen molar-refractivity contribution in [3.05, 3.63) is 161 Å². The second-order valence-electron chi connectivity index (χ2n) is 14.6. The molecule has 273 valence electrons. The van der Waals surface area contributed by atoms with E-state index in [9.17, 15) is 0 Å². The molecule has 54 heavy (non-hydrogen) atoms. The third kappa shape index (κ3) is 7.99. The summed E-state index contributed by atoms with van der Waals surface area (Å²) in [5, 5.41) is 2.03. The number of nitrogens with zero attached hydrogens (tertiary/aromatic N) is 3. The summed E-state index contributed by atoms with van der Waals surface area (Å²) in [6.07, 6.45) is 4.94. The van der Waals surface area contributed by atoms with Crippen molar-refractivity contribution in [2.45, 2.75) is 61.8 Å². The number of pyridine rings is 3. The quantitative estimate of drug-likeness (QED) is 0.156. The van der Waals surface area contributed by atoms with Crippen LogP contribution in [0.5, 0.6) is 0 Å². The van der Waals surface area contributed by atoms with E-state index in [4.69, 9.17) is 14.4 Å². The van der Waals surface area contributed by atoms with Crippen LogP contribution in [-0.2, 0) is 26.5 Å². The average Bonchev–Trinajstić information content (AvgIpc) is 3.53. The number of furan rings is 1. The maximum Gasteiger partial charge on any atom is 0.216 e. The molecular formula is C49H45IrN3O-2. The molecule has 0 atom stereocenters. The van der Waals surface area contributed by atoms with Crippen molar-refractivity contribution >= 4 is 22.1 Å². The SMILES string of the molecule is Cc1c[c-]c(-c2cc(C)c(C)cn2)cc1.Cc1cc(-c2[c-]ccc3c2oc2nc(-c4c(C)ccc(-c5ccccc5)c4C)ccc23)ncc1CC(C)C.[Ir]. The van der Waals surface area contributed by atoms with Crippen molar-refractivity contribution in [1.82, 2.24) is 15.0 Å². The van der Waals surface area contributed by atoms with Crippen molar-refractivity contribution < 1.29 is 24.5 Å². The summed E-state index contributed by atoms with van der Waals surface area (Å²) in [6, 6.07) is 40.2. The Bertz CT molecular complexity index is 2570. The Morgan fingerprint density at radius 2 is 1.43 bits per heavy atom. The molecular weight excluding hydrogens is 839 g/mol. The summed E-state index contributed by atoms with van der Waals surface area (Å²) < 4.78 is 6.45. The number of rotatable bonds is 6. The summed E-state index contributed by atoms with van der Waals surface area (Å²) in [7, 11) is 0. The fourth-order valence-electron chi connectivity index (χ4n) is 6.93. The monoisotopic (exact) mass is 884 g/mol. The van der Waals surface area contributed by atoms with Crippen molar-refractivity contribution in [2.24, 2.45) is 5.92 Å². The van der Waals surface area contributed by atoms with Gasteiger partial charge in [0.1, 0.15) is 0 Å². The number of hydrogen-bond donors (Lipinski definition) is 0. The average molecular weight is 884 g/mol. The van der Waals surface area contributed by atoms with Gasteiger partial charge in [0.25, 0.3) is 0 Å². The van der Waals surface area contributed by atoms with Gasteiger partial charge in [-0.15, -0.1) is 53.6 Å². The first-order valence-electron chi connectivity index (χ1n) is 18.3. The van der Waals surface area contributed by atoms with Crippen molar-refractivity contribution in [1.29, 1.82) is 0 Å². The summed E-state index contributed by atoms with van der Waals surface area (Å²) in [6.45, 7) is 17.2. The number of hydrogen-bond acceptors (Lipinski definition) is 4. The first-order chi connectivity index (χ1) is 25.6. The van der Waals surface area contributed by atoms with Crippen LogP contribution in [-0.4, -0.2) is 15.0 Å². The minimum Gasteiger partial charge on any atom is -0.486 e. The first kappa shape index (κ1) is 38.5. The van der Waals surface area contributed by atoms with Gasteiger partial charge in [-0.25, -0.2) is 4.98 Å². The van der Waals surface area contributed by atoms with E-state index in [1.165, 1.54) is 50.1 Å². The first-order valence-corrected chi connectivity index (χ1v) is 18.3. The van der Waals surface area contributed by atoms with E-state index < -0.39 is 0 Å². The van der Waals surface area contributed by atoms with Crippen LogP contribution in [0.15, 0.2) is 114 Å². The number of benzene rings is 4. The standard InChI is InChI=1S/C35H31N2O.C14H14N.Ir/c1-21(2)18-26-20-36-32(19-23(26)4)30-13-9-12-28-29-16-17-31(37-35(29)38-34(28)30)33-22(3)14-15-27(24(33)5)25-10-7-6-8-11-25;1-10-4-6-13(7-5-10)14-8-11(2)12(3)9-15-14;/h6-12,14-17,19-21H,18H2,1-5H3;4-6,8-9H,1-3H3;/q2*-1;. The fraction of sp³-hybridized carbons (Fsp3) is 0.204. The summed E-state index contributed by atoms with van der Waals surface area (Å²) in [5.74, 6) is 0.590. The third-order valence-electron chi connectivity index (χ3n) is 10.0. The molecule has 0 saturated heterocycles. The normalized spacial score (nSPS) is 11.1. The largest absolute Gasteiger partial charge is 0.486 e. The molecule has 0 N–H and O–H groups in total. The zero-order valence-electron chi connectivity index (χ0n) is 32.3. The topological polar surface area (TPSA) is 51.8 Å². The molecule has 8 rings (SSSR count). The van der Waals surface area contributed by atoms with Crippen molar-refractivity contribution in [2.75, 3.05) is 0 Å². The van der Waals surface area contributed by atoms with Crippen LogP contribution in [0.4, 0.5) is 0 Å². The molecule has 0 bridgehead atoms. The molecule has 0 aliphatic rings. The minimum atomic E-state index is 0. The molecule has 0 aliphatic heterocycles. The maximum absolute atomic E-state index is 6.45. The Kier molecular flexibility index (Phi) is 11.7. The molecule has 4 heterocycles. The van der Waals surface area contributed by atoms with Gasteiger partial charge < -0.3 is 14.4 Å². The molecule has 8 aromatic rings. The second-order valence-corrected chi connectivity index (χ2v) is 14.6. The van der Waals surface area contributed by atoms with Crippen LogP contribution in [0, 0.1) is 59.6 Å². The molecule has 0 fully saturated rings. The van der Waals surface area contributed by atoms with Crippen LogP contribution in [0.2, 0.25) is 0 Å². The van der Waals surface area contributed by atoms with Gasteiger partial charge in [0.05, 0.1) is 11.3 Å². The van der Waals surface area contributed by atoms with E-state index in [1.807, 2.05) is 30.6 Å². The maximum atomic E-state index is 6.45. The molecule has 0 aliphatic carbocycles. The van der Waals surface area contributed by atoms with Crippen LogP contribution in [0.25, 0.3) is 67.0 Å². The number of fused-ring (bicyclic) bond motifs is 3. The van der Waals surface area contributed by atoms with Gasteiger partial charge in [-0.3, -0.25) is 0 Å². The van der Waals surface area contributed by atoms with Gasteiger partial charge >= 0.3 is 0 Å². The molecule has 0 unspecified atom stereocenters. The van der Waals surface area contributed by atoms with Crippen LogP contribution < -0.4 is 0 Å². The smallest absolute Gasteiger partial charge is 0.216 e. The van der Waals surface area contributed by atoms with Gasteiger partial charge in [-0.1, -0.05) is 97.4 Å². The Morgan fingerprint density at radius 1 is 0.667 bits per heavy atom. The molecule has 0 amide bonds. The van der Waals surface area contributed by atoms with E-state index >= 15 is 0 Å². The Balaban J connectivity index is 0.000000261. The summed E-state index contributed by atoms with van der Waals surface area (Å²) >= 11 is 0. The molecule has 0 saturated carbocycles. The zero-order chi connectivity index (χ0) is 37.2. The third-order valence-corrected chi connectivity index (χ3v) is 10.0. The molecule has 1 radical (unpaired) electrons. The second kappa shape index (κ2) is 16.4. The summed E-state index contributed by atoms with van der Waals surface area (Å²) in [4.78, 5) is 14.2. The van der Waals surface area contributed by atoms with Crippen LogP contribution in [0.3, 0.4) is 0 Å². The Morgan fingerprint density at radius 3 is 2.13 bits per heavy atom. The molecule has 5 heteroatoms. The van der Waals surface area contributed by atoms with Crippen LogP contribution >= 0.6 is 0 Å². The van der Waals surface area contributed by atoms with E-state index in [2.05, 4.69) is 151 Å². The Hall–Kier alpha value is -5.22.